The van der Waals surface area contributed by atoms with Crippen LogP contribution < -0.4 is 4.74 Å². The first kappa shape index (κ1) is 14.8. The molecule has 2 unspecified atom stereocenters. The minimum atomic E-state index is -0.225. The van der Waals surface area contributed by atoms with Crippen LogP contribution >= 0.6 is 0 Å². The van der Waals surface area contributed by atoms with Crippen molar-refractivity contribution in [3.8, 4) is 11.8 Å². The molecule has 0 bridgehead atoms. The van der Waals surface area contributed by atoms with Gasteiger partial charge in [-0.05, 0) is 56.5 Å². The standard InChI is InChI=1S/C16H22N2O2/c1-13(19)15-3-2-8-18(12-15)9-10-20-16-6-4-14(11-17)5-7-16/h4-7,13,15,19H,2-3,8-10,12H2,1H3. The molecule has 1 aromatic carbocycles. The fourth-order valence-electron chi connectivity index (χ4n) is 2.61. The molecule has 4 heteroatoms. The molecule has 0 aromatic heterocycles. The summed E-state index contributed by atoms with van der Waals surface area (Å²) in [6, 6.07) is 9.27. The lowest BCUT2D eigenvalue weighted by Gasteiger charge is -2.33. The molecule has 0 radical (unpaired) electrons. The summed E-state index contributed by atoms with van der Waals surface area (Å²) in [5.74, 6) is 1.19. The second kappa shape index (κ2) is 7.28. The predicted octanol–water partition coefficient (Wildman–Crippen LogP) is 2.03. The molecule has 2 rings (SSSR count). The quantitative estimate of drug-likeness (QED) is 0.892. The van der Waals surface area contributed by atoms with Gasteiger partial charge in [0.15, 0.2) is 0 Å². The van der Waals surface area contributed by atoms with Gasteiger partial charge in [-0.15, -0.1) is 0 Å². The van der Waals surface area contributed by atoms with Gasteiger partial charge in [-0.1, -0.05) is 0 Å². The van der Waals surface area contributed by atoms with Crippen molar-refractivity contribution >= 4 is 0 Å². The molecule has 0 amide bonds. The molecule has 0 saturated carbocycles. The first-order chi connectivity index (χ1) is 9.69. The van der Waals surface area contributed by atoms with E-state index in [4.69, 9.17) is 10.00 Å². The van der Waals surface area contributed by atoms with Crippen molar-refractivity contribution in [2.24, 2.45) is 5.92 Å². The van der Waals surface area contributed by atoms with Crippen molar-refractivity contribution < 1.29 is 9.84 Å². The molecule has 1 fully saturated rings. The molecule has 20 heavy (non-hydrogen) atoms. The van der Waals surface area contributed by atoms with Crippen molar-refractivity contribution in [2.75, 3.05) is 26.2 Å². The van der Waals surface area contributed by atoms with E-state index in [1.807, 2.05) is 19.1 Å². The van der Waals surface area contributed by atoms with Crippen LogP contribution in [0.4, 0.5) is 0 Å². The van der Waals surface area contributed by atoms with E-state index in [2.05, 4.69) is 11.0 Å². The van der Waals surface area contributed by atoms with Gasteiger partial charge in [0, 0.05) is 13.1 Å². The SMILES string of the molecule is CC(O)C1CCCN(CCOc2ccc(C#N)cc2)C1. The highest BCUT2D eigenvalue weighted by atomic mass is 16.5. The lowest BCUT2D eigenvalue weighted by molar-refractivity contribution is 0.0573. The number of nitriles is 1. The van der Waals surface area contributed by atoms with Gasteiger partial charge >= 0.3 is 0 Å². The van der Waals surface area contributed by atoms with E-state index in [0.717, 1.165) is 38.2 Å². The van der Waals surface area contributed by atoms with Crippen LogP contribution in [0.3, 0.4) is 0 Å². The van der Waals surface area contributed by atoms with Crippen molar-refractivity contribution in [3.05, 3.63) is 29.8 Å². The Hall–Kier alpha value is -1.57. The van der Waals surface area contributed by atoms with E-state index in [-0.39, 0.29) is 6.10 Å². The Bertz CT molecular complexity index is 451. The maximum Gasteiger partial charge on any atom is 0.119 e. The van der Waals surface area contributed by atoms with Gasteiger partial charge < -0.3 is 9.84 Å². The highest BCUT2D eigenvalue weighted by Crippen LogP contribution is 2.19. The zero-order valence-corrected chi connectivity index (χ0v) is 12.0. The molecule has 4 nitrogen and oxygen atoms in total. The van der Waals surface area contributed by atoms with Crippen LogP contribution in [0.15, 0.2) is 24.3 Å². The Morgan fingerprint density at radius 3 is 2.85 bits per heavy atom. The minimum absolute atomic E-state index is 0.225. The number of rotatable bonds is 5. The molecule has 1 aliphatic heterocycles. The number of likely N-dealkylation sites (tertiary alicyclic amines) is 1. The maximum absolute atomic E-state index is 9.66. The third-order valence-corrected chi connectivity index (χ3v) is 3.88. The summed E-state index contributed by atoms with van der Waals surface area (Å²) in [5.41, 5.74) is 0.646. The molecule has 0 spiro atoms. The average Bonchev–Trinajstić information content (AvgIpc) is 2.48. The summed E-state index contributed by atoms with van der Waals surface area (Å²) in [7, 11) is 0. The summed E-state index contributed by atoms with van der Waals surface area (Å²) < 4.78 is 5.69. The van der Waals surface area contributed by atoms with Crippen molar-refractivity contribution in [3.63, 3.8) is 0 Å². The zero-order chi connectivity index (χ0) is 14.4. The molecule has 1 aromatic rings. The minimum Gasteiger partial charge on any atom is -0.492 e. The summed E-state index contributed by atoms with van der Waals surface area (Å²) in [5, 5.41) is 18.4. The Morgan fingerprint density at radius 2 is 2.20 bits per heavy atom. The van der Waals surface area contributed by atoms with E-state index >= 15 is 0 Å². The molecule has 0 aliphatic carbocycles. The maximum atomic E-state index is 9.66. The van der Waals surface area contributed by atoms with E-state index in [1.54, 1.807) is 12.1 Å². The first-order valence-corrected chi connectivity index (χ1v) is 7.22. The van der Waals surface area contributed by atoms with Gasteiger partial charge in [0.05, 0.1) is 17.7 Å². The molecule has 108 valence electrons. The van der Waals surface area contributed by atoms with E-state index in [1.165, 1.54) is 0 Å². The number of aliphatic hydroxyl groups excluding tert-OH is 1. The number of ether oxygens (including phenoxy) is 1. The number of hydrogen-bond acceptors (Lipinski definition) is 4. The normalized spacial score (nSPS) is 21.1. The third-order valence-electron chi connectivity index (χ3n) is 3.88. The van der Waals surface area contributed by atoms with Crippen LogP contribution in [0, 0.1) is 17.2 Å². The van der Waals surface area contributed by atoms with Crippen LogP contribution in [0.2, 0.25) is 0 Å². The summed E-state index contributed by atoms with van der Waals surface area (Å²) in [6.45, 7) is 5.43. The van der Waals surface area contributed by atoms with Gasteiger partial charge in [0.25, 0.3) is 0 Å². The molecule has 2 atom stereocenters. The highest BCUT2D eigenvalue weighted by Gasteiger charge is 2.22. The second-order valence-corrected chi connectivity index (χ2v) is 5.43. The van der Waals surface area contributed by atoms with Gasteiger partial charge in [0.1, 0.15) is 12.4 Å². The largest absolute Gasteiger partial charge is 0.492 e. The van der Waals surface area contributed by atoms with E-state index < -0.39 is 0 Å². The fourth-order valence-corrected chi connectivity index (χ4v) is 2.61. The van der Waals surface area contributed by atoms with Crippen LogP contribution in [0.1, 0.15) is 25.3 Å². The molecular formula is C16H22N2O2. The second-order valence-electron chi connectivity index (χ2n) is 5.43. The molecule has 1 aliphatic rings. The highest BCUT2D eigenvalue weighted by molar-refractivity contribution is 5.34. The van der Waals surface area contributed by atoms with Gasteiger partial charge in [-0.25, -0.2) is 0 Å². The monoisotopic (exact) mass is 274 g/mol. The summed E-state index contributed by atoms with van der Waals surface area (Å²) in [4.78, 5) is 2.35. The van der Waals surface area contributed by atoms with Crippen molar-refractivity contribution in [1.82, 2.24) is 4.90 Å². The number of hydrogen-bond donors (Lipinski definition) is 1. The number of nitrogens with zero attached hydrogens (tertiary/aromatic N) is 2. The molecule has 1 heterocycles. The van der Waals surface area contributed by atoms with E-state index in [9.17, 15) is 5.11 Å². The number of aliphatic hydroxyl groups is 1. The number of piperidine rings is 1. The summed E-state index contributed by atoms with van der Waals surface area (Å²) in [6.07, 6.45) is 2.04. The van der Waals surface area contributed by atoms with Crippen LogP contribution in [0.25, 0.3) is 0 Å². The predicted molar refractivity (Wildman–Crippen MR) is 77.5 cm³/mol. The van der Waals surface area contributed by atoms with Gasteiger partial charge in [0.2, 0.25) is 0 Å². The fraction of sp³-hybridized carbons (Fsp3) is 0.562. The smallest absolute Gasteiger partial charge is 0.119 e. The van der Waals surface area contributed by atoms with Crippen LogP contribution in [0.5, 0.6) is 5.75 Å². The van der Waals surface area contributed by atoms with Crippen molar-refractivity contribution in [1.29, 1.82) is 5.26 Å². The first-order valence-electron chi connectivity index (χ1n) is 7.22. The lowest BCUT2D eigenvalue weighted by atomic mass is 9.93. The Labute approximate surface area is 120 Å². The van der Waals surface area contributed by atoms with Gasteiger partial charge in [-0.2, -0.15) is 5.26 Å². The lowest BCUT2D eigenvalue weighted by Crippen LogP contribution is -2.41. The van der Waals surface area contributed by atoms with Crippen LogP contribution in [-0.2, 0) is 0 Å². The number of benzene rings is 1. The third kappa shape index (κ3) is 4.22. The molecule has 1 saturated heterocycles. The van der Waals surface area contributed by atoms with Crippen LogP contribution in [-0.4, -0.2) is 42.4 Å². The summed E-state index contributed by atoms with van der Waals surface area (Å²) >= 11 is 0. The Morgan fingerprint density at radius 1 is 1.45 bits per heavy atom. The van der Waals surface area contributed by atoms with Crippen molar-refractivity contribution in [2.45, 2.75) is 25.9 Å². The van der Waals surface area contributed by atoms with E-state index in [0.29, 0.717) is 18.1 Å². The topological polar surface area (TPSA) is 56.5 Å². The molecule has 1 N–H and O–H groups in total. The zero-order valence-electron chi connectivity index (χ0n) is 12.0. The van der Waals surface area contributed by atoms with Gasteiger partial charge in [-0.3, -0.25) is 4.90 Å². The Kier molecular flexibility index (Phi) is 5.40. The average molecular weight is 274 g/mol. The Balaban J connectivity index is 1.73. The molecular weight excluding hydrogens is 252 g/mol.